The van der Waals surface area contributed by atoms with Crippen molar-refractivity contribution < 1.29 is 4.39 Å². The fourth-order valence-corrected chi connectivity index (χ4v) is 2.50. The molecule has 0 amide bonds. The van der Waals surface area contributed by atoms with Gasteiger partial charge in [-0.25, -0.2) is 9.37 Å². The van der Waals surface area contributed by atoms with E-state index in [1.807, 2.05) is 11.8 Å². The van der Waals surface area contributed by atoms with Gasteiger partial charge in [0.1, 0.15) is 0 Å². The van der Waals surface area contributed by atoms with E-state index >= 15 is 0 Å². The van der Waals surface area contributed by atoms with Crippen LogP contribution in [-0.4, -0.2) is 30.7 Å². The zero-order valence-electron chi connectivity index (χ0n) is 10.6. The first-order valence-electron chi connectivity index (χ1n) is 6.50. The summed E-state index contributed by atoms with van der Waals surface area (Å²) < 4.78 is 13.8. The Balaban J connectivity index is 2.07. The number of hydrogen-bond donors (Lipinski definition) is 1. The molecule has 3 nitrogen and oxygen atoms in total. The minimum atomic E-state index is -0.347. The molecule has 0 aliphatic carbocycles. The highest BCUT2D eigenvalue weighted by molar-refractivity contribution is 6.30. The molecule has 1 N–H and O–H groups in total. The van der Waals surface area contributed by atoms with Crippen LogP contribution < -0.4 is 10.2 Å². The Morgan fingerprint density at radius 1 is 1.56 bits per heavy atom. The molecule has 5 heteroatoms. The van der Waals surface area contributed by atoms with Gasteiger partial charge in [0.2, 0.25) is 0 Å². The molecule has 2 heterocycles. The first-order valence-corrected chi connectivity index (χ1v) is 6.88. The third-order valence-electron chi connectivity index (χ3n) is 3.32. The lowest BCUT2D eigenvalue weighted by molar-refractivity contribution is 0.398. The Kier molecular flexibility index (Phi) is 4.78. The maximum atomic E-state index is 13.8. The highest BCUT2D eigenvalue weighted by atomic mass is 35.5. The van der Waals surface area contributed by atoms with Gasteiger partial charge in [0.15, 0.2) is 11.6 Å². The number of piperidine rings is 1. The van der Waals surface area contributed by atoms with Crippen molar-refractivity contribution in [1.82, 2.24) is 10.3 Å². The van der Waals surface area contributed by atoms with Crippen LogP contribution in [0.25, 0.3) is 0 Å². The van der Waals surface area contributed by atoms with Crippen LogP contribution in [0.15, 0.2) is 12.3 Å². The van der Waals surface area contributed by atoms with Crippen molar-refractivity contribution in [3.8, 4) is 0 Å². The van der Waals surface area contributed by atoms with Crippen molar-refractivity contribution in [1.29, 1.82) is 0 Å². The van der Waals surface area contributed by atoms with Gasteiger partial charge in [0.25, 0.3) is 0 Å². The van der Waals surface area contributed by atoms with Gasteiger partial charge in [0, 0.05) is 25.3 Å². The van der Waals surface area contributed by atoms with E-state index in [2.05, 4.69) is 10.3 Å². The summed E-state index contributed by atoms with van der Waals surface area (Å²) in [6, 6.07) is 1.75. The number of halogens is 2. The van der Waals surface area contributed by atoms with Crippen molar-refractivity contribution in [3.05, 3.63) is 23.1 Å². The molecule has 1 fully saturated rings. The molecule has 0 aromatic carbocycles. The molecule has 1 saturated heterocycles. The Morgan fingerprint density at radius 2 is 2.39 bits per heavy atom. The molecule has 1 aliphatic heterocycles. The third-order valence-corrected chi connectivity index (χ3v) is 3.53. The van der Waals surface area contributed by atoms with Crippen LogP contribution >= 0.6 is 11.6 Å². The summed E-state index contributed by atoms with van der Waals surface area (Å²) in [5.74, 6) is 0.0504. The Bertz CT molecular complexity index is 394. The van der Waals surface area contributed by atoms with Gasteiger partial charge in [-0.1, -0.05) is 18.0 Å². The molecule has 0 saturated carbocycles. The largest absolute Gasteiger partial charge is 0.353 e. The lowest BCUT2D eigenvalue weighted by atomic mass is 10.0. The summed E-state index contributed by atoms with van der Waals surface area (Å²) in [5, 5.41) is 3.80. The number of anilines is 1. The molecule has 18 heavy (non-hydrogen) atoms. The first kappa shape index (κ1) is 13.6. The van der Waals surface area contributed by atoms with E-state index in [1.165, 1.54) is 25.1 Å². The Labute approximate surface area is 112 Å². The summed E-state index contributed by atoms with van der Waals surface area (Å²) >= 11 is 5.72. The lowest BCUT2D eigenvalue weighted by Gasteiger charge is -2.30. The number of nitrogens with zero attached hydrogens (tertiary/aromatic N) is 2. The fourth-order valence-electron chi connectivity index (χ4n) is 2.35. The monoisotopic (exact) mass is 271 g/mol. The molecule has 100 valence electrons. The normalized spacial score (nSPS) is 19.8. The predicted octanol–water partition coefficient (Wildman–Crippen LogP) is 2.84. The van der Waals surface area contributed by atoms with E-state index in [4.69, 9.17) is 11.6 Å². The van der Waals surface area contributed by atoms with Crippen molar-refractivity contribution >= 4 is 17.4 Å². The van der Waals surface area contributed by atoms with E-state index in [0.717, 1.165) is 26.1 Å². The van der Waals surface area contributed by atoms with Crippen molar-refractivity contribution in [3.63, 3.8) is 0 Å². The molecule has 1 aliphatic rings. The van der Waals surface area contributed by atoms with Crippen LogP contribution in [-0.2, 0) is 0 Å². The second-order valence-corrected chi connectivity index (χ2v) is 5.08. The Hall–Kier alpha value is -0.870. The first-order chi connectivity index (χ1) is 8.70. The predicted molar refractivity (Wildman–Crippen MR) is 72.7 cm³/mol. The summed E-state index contributed by atoms with van der Waals surface area (Å²) in [7, 11) is 0. The SMILES string of the molecule is CCN(CC1CCCCN1)c1ncc(Cl)cc1F. The number of aromatic nitrogens is 1. The maximum absolute atomic E-state index is 13.8. The topological polar surface area (TPSA) is 28.2 Å². The number of rotatable bonds is 4. The molecule has 1 atom stereocenters. The molecule has 0 radical (unpaired) electrons. The number of hydrogen-bond acceptors (Lipinski definition) is 3. The van der Waals surface area contributed by atoms with E-state index in [-0.39, 0.29) is 5.82 Å². The molecule has 1 unspecified atom stereocenters. The van der Waals surface area contributed by atoms with Gasteiger partial charge in [-0.15, -0.1) is 0 Å². The number of nitrogens with one attached hydrogen (secondary N) is 1. The third kappa shape index (κ3) is 3.33. The van der Waals surface area contributed by atoms with Crippen molar-refractivity contribution in [2.45, 2.75) is 32.2 Å². The summed E-state index contributed by atoms with van der Waals surface area (Å²) in [5.41, 5.74) is 0. The average molecular weight is 272 g/mol. The highest BCUT2D eigenvalue weighted by Gasteiger charge is 2.19. The summed E-state index contributed by atoms with van der Waals surface area (Å²) in [6.45, 7) is 4.60. The summed E-state index contributed by atoms with van der Waals surface area (Å²) in [4.78, 5) is 6.07. The van der Waals surface area contributed by atoms with Gasteiger partial charge in [-0.2, -0.15) is 0 Å². The maximum Gasteiger partial charge on any atom is 0.167 e. The molecule has 0 bridgehead atoms. The van der Waals surface area contributed by atoms with E-state index in [9.17, 15) is 4.39 Å². The average Bonchev–Trinajstić information content (AvgIpc) is 2.38. The number of pyridine rings is 1. The fraction of sp³-hybridized carbons (Fsp3) is 0.615. The molecular weight excluding hydrogens is 253 g/mol. The van der Waals surface area contributed by atoms with Crippen LogP contribution in [0.4, 0.5) is 10.2 Å². The zero-order chi connectivity index (χ0) is 13.0. The van der Waals surface area contributed by atoms with Gasteiger partial charge >= 0.3 is 0 Å². The second kappa shape index (κ2) is 6.34. The molecule has 0 spiro atoms. The van der Waals surface area contributed by atoms with E-state index < -0.39 is 0 Å². The summed E-state index contributed by atoms with van der Waals surface area (Å²) in [6.07, 6.45) is 5.12. The number of likely N-dealkylation sites (N-methyl/N-ethyl adjacent to an activating group) is 1. The highest BCUT2D eigenvalue weighted by Crippen LogP contribution is 2.20. The molecule has 1 aromatic rings. The van der Waals surface area contributed by atoms with Crippen LogP contribution in [0.2, 0.25) is 5.02 Å². The van der Waals surface area contributed by atoms with Crippen molar-refractivity contribution in [2.75, 3.05) is 24.5 Å². The minimum absolute atomic E-state index is 0.336. The molecule has 2 rings (SSSR count). The van der Waals surface area contributed by atoms with Crippen LogP contribution in [0.3, 0.4) is 0 Å². The van der Waals surface area contributed by atoms with Gasteiger partial charge < -0.3 is 10.2 Å². The van der Waals surface area contributed by atoms with Crippen LogP contribution in [0.5, 0.6) is 0 Å². The van der Waals surface area contributed by atoms with Crippen molar-refractivity contribution in [2.24, 2.45) is 0 Å². The van der Waals surface area contributed by atoms with E-state index in [1.54, 1.807) is 0 Å². The Morgan fingerprint density at radius 3 is 3.00 bits per heavy atom. The smallest absolute Gasteiger partial charge is 0.167 e. The molecular formula is C13H19ClFN3. The quantitative estimate of drug-likeness (QED) is 0.913. The van der Waals surface area contributed by atoms with E-state index in [0.29, 0.717) is 16.9 Å². The standard InChI is InChI=1S/C13H19ClFN3/c1-2-18(9-11-5-3-4-6-16-11)13-12(15)7-10(14)8-17-13/h7-8,11,16H,2-6,9H2,1H3. The lowest BCUT2D eigenvalue weighted by Crippen LogP contribution is -2.44. The minimum Gasteiger partial charge on any atom is -0.353 e. The molecule has 1 aromatic heterocycles. The van der Waals surface area contributed by atoms with Crippen LogP contribution in [0.1, 0.15) is 26.2 Å². The van der Waals surface area contributed by atoms with Crippen LogP contribution in [0, 0.1) is 5.82 Å². The second-order valence-electron chi connectivity index (χ2n) is 4.64. The van der Waals surface area contributed by atoms with Gasteiger partial charge in [-0.05, 0) is 32.4 Å². The van der Waals surface area contributed by atoms with Gasteiger partial charge in [-0.3, -0.25) is 0 Å². The van der Waals surface area contributed by atoms with Gasteiger partial charge in [0.05, 0.1) is 5.02 Å². The zero-order valence-corrected chi connectivity index (χ0v) is 11.4.